The molecule has 0 bridgehead atoms. The van der Waals surface area contributed by atoms with Crippen molar-refractivity contribution < 1.29 is 18.0 Å². The van der Waals surface area contributed by atoms with Crippen molar-refractivity contribution in [3.63, 3.8) is 0 Å². The second kappa shape index (κ2) is 8.13. The number of carbonyl (C=O) groups excluding carboxylic acids is 1. The number of thioether (sulfide) groups is 1. The van der Waals surface area contributed by atoms with Crippen LogP contribution < -0.4 is 5.32 Å². The molecular weight excluding hydrogens is 405 g/mol. The van der Waals surface area contributed by atoms with Gasteiger partial charge in [0, 0.05) is 30.4 Å². The summed E-state index contributed by atoms with van der Waals surface area (Å²) in [4.78, 5) is 22.3. The molecule has 3 heterocycles. The summed E-state index contributed by atoms with van der Waals surface area (Å²) in [6, 6.07) is -0.0441. The van der Waals surface area contributed by atoms with Crippen molar-refractivity contribution in [3.05, 3.63) is 17.6 Å². The fourth-order valence-electron chi connectivity index (χ4n) is 3.30. The molecule has 1 saturated heterocycles. The largest absolute Gasteiger partial charge is 0.397 e. The van der Waals surface area contributed by atoms with Crippen LogP contribution in [0.15, 0.2) is 16.8 Å². The van der Waals surface area contributed by atoms with E-state index in [1.54, 1.807) is 13.8 Å². The van der Waals surface area contributed by atoms with Gasteiger partial charge in [-0.05, 0) is 32.3 Å². The lowest BCUT2D eigenvalue weighted by molar-refractivity contribution is -0.162. The van der Waals surface area contributed by atoms with Crippen molar-refractivity contribution in [2.45, 2.75) is 50.2 Å². The van der Waals surface area contributed by atoms with E-state index in [-0.39, 0.29) is 19.1 Å². The molecule has 0 radical (unpaired) electrons. The van der Waals surface area contributed by atoms with E-state index in [0.717, 1.165) is 0 Å². The molecular formula is C18H21F3N6OS. The number of amides is 1. The van der Waals surface area contributed by atoms with Gasteiger partial charge in [0.1, 0.15) is 23.6 Å². The number of halogens is 3. The smallest absolute Gasteiger partial charge is 0.366 e. The van der Waals surface area contributed by atoms with Gasteiger partial charge >= 0.3 is 6.18 Å². The Morgan fingerprint density at radius 1 is 1.31 bits per heavy atom. The van der Waals surface area contributed by atoms with E-state index in [2.05, 4.69) is 15.3 Å². The molecule has 1 amide bonds. The minimum atomic E-state index is -4.49. The number of nitrogens with zero attached hydrogens (tertiary/aromatic N) is 3. The van der Waals surface area contributed by atoms with E-state index in [1.807, 2.05) is 0 Å². The minimum Gasteiger partial charge on any atom is -0.366 e. The SMILES string of the molecule is CC(=N)/C(C)=C1\C(=N)Sc2c(NC3CCN(C(=O)CC(F)(F)F)CC3)ncnc21. The highest BCUT2D eigenvalue weighted by atomic mass is 32.2. The molecule has 0 unspecified atom stereocenters. The van der Waals surface area contributed by atoms with Crippen LogP contribution in [-0.2, 0) is 4.79 Å². The molecule has 156 valence electrons. The third kappa shape index (κ3) is 4.77. The number of piperidine rings is 1. The number of likely N-dealkylation sites (tertiary alicyclic amines) is 1. The van der Waals surface area contributed by atoms with Gasteiger partial charge in [-0.2, -0.15) is 13.2 Å². The van der Waals surface area contributed by atoms with Gasteiger partial charge in [-0.15, -0.1) is 0 Å². The highest BCUT2D eigenvalue weighted by Crippen LogP contribution is 2.44. The van der Waals surface area contributed by atoms with Gasteiger partial charge in [-0.1, -0.05) is 11.8 Å². The Kier molecular flexibility index (Phi) is 5.97. The molecule has 1 fully saturated rings. The number of hydrogen-bond donors (Lipinski definition) is 3. The maximum Gasteiger partial charge on any atom is 0.397 e. The molecule has 0 aliphatic carbocycles. The van der Waals surface area contributed by atoms with Crippen LogP contribution in [0.5, 0.6) is 0 Å². The van der Waals surface area contributed by atoms with E-state index in [9.17, 15) is 18.0 Å². The molecule has 2 aliphatic rings. The molecule has 0 spiro atoms. The molecule has 3 rings (SSSR count). The Morgan fingerprint density at radius 2 is 1.97 bits per heavy atom. The normalized spacial score (nSPS) is 19.2. The van der Waals surface area contributed by atoms with Crippen molar-refractivity contribution in [1.82, 2.24) is 14.9 Å². The predicted octanol–water partition coefficient (Wildman–Crippen LogP) is 3.73. The average Bonchev–Trinajstić information content (AvgIpc) is 2.97. The lowest BCUT2D eigenvalue weighted by Crippen LogP contribution is -2.43. The molecule has 1 aromatic rings. The first-order valence-electron chi connectivity index (χ1n) is 9.06. The Balaban J connectivity index is 1.70. The van der Waals surface area contributed by atoms with Gasteiger partial charge in [-0.25, -0.2) is 9.97 Å². The lowest BCUT2D eigenvalue weighted by atomic mass is 10.0. The Morgan fingerprint density at radius 3 is 2.55 bits per heavy atom. The standard InChI is InChI=1S/C18H21F3N6OS/c1-9(10(2)22)13-14-15(29-16(13)23)17(25-8-24-14)26-11-3-5-27(6-4-11)12(28)7-18(19,20)21/h8,11,22-23H,3-7H2,1-2H3,(H,24,25,26)/b13-9-,22-10?,23-16?. The zero-order valence-corrected chi connectivity index (χ0v) is 16.8. The highest BCUT2D eigenvalue weighted by Gasteiger charge is 2.35. The number of nitrogens with one attached hydrogen (secondary N) is 3. The van der Waals surface area contributed by atoms with Crippen molar-refractivity contribution in [3.8, 4) is 0 Å². The highest BCUT2D eigenvalue weighted by molar-refractivity contribution is 8.15. The number of carbonyl (C=O) groups is 1. The van der Waals surface area contributed by atoms with E-state index >= 15 is 0 Å². The first-order chi connectivity index (χ1) is 13.6. The van der Waals surface area contributed by atoms with Gasteiger partial charge in [0.2, 0.25) is 5.91 Å². The van der Waals surface area contributed by atoms with Crippen LogP contribution in [0.1, 0.15) is 38.8 Å². The lowest BCUT2D eigenvalue weighted by Gasteiger charge is -2.33. The minimum absolute atomic E-state index is 0.0441. The second-order valence-corrected chi connectivity index (χ2v) is 8.07. The van der Waals surface area contributed by atoms with Gasteiger partial charge < -0.3 is 15.6 Å². The molecule has 7 nitrogen and oxygen atoms in total. The van der Waals surface area contributed by atoms with Crippen LogP contribution in [-0.4, -0.2) is 56.8 Å². The summed E-state index contributed by atoms with van der Waals surface area (Å²) in [7, 11) is 0. The van der Waals surface area contributed by atoms with Crippen LogP contribution in [0.3, 0.4) is 0 Å². The van der Waals surface area contributed by atoms with Gasteiger partial charge in [0.25, 0.3) is 0 Å². The topological polar surface area (TPSA) is 106 Å². The molecule has 0 saturated carbocycles. The number of alkyl halides is 3. The Hall–Kier alpha value is -2.43. The van der Waals surface area contributed by atoms with Crippen molar-refractivity contribution in [2.75, 3.05) is 18.4 Å². The van der Waals surface area contributed by atoms with Crippen molar-refractivity contribution in [2.24, 2.45) is 0 Å². The Bertz CT molecular complexity index is 890. The summed E-state index contributed by atoms with van der Waals surface area (Å²) in [5, 5.41) is 19.7. The first-order valence-corrected chi connectivity index (χ1v) is 9.88. The monoisotopic (exact) mass is 426 g/mol. The number of allylic oxidation sites excluding steroid dienone is 1. The molecule has 1 aromatic heterocycles. The van der Waals surface area contributed by atoms with Crippen LogP contribution in [0.25, 0.3) is 5.57 Å². The number of fused-ring (bicyclic) bond motifs is 1. The summed E-state index contributed by atoms with van der Waals surface area (Å²) >= 11 is 1.22. The molecule has 3 N–H and O–H groups in total. The molecule has 0 atom stereocenters. The zero-order chi connectivity index (χ0) is 21.3. The van der Waals surface area contributed by atoms with Crippen LogP contribution in [0, 0.1) is 10.8 Å². The van der Waals surface area contributed by atoms with E-state index in [0.29, 0.717) is 51.2 Å². The molecule has 29 heavy (non-hydrogen) atoms. The summed E-state index contributed by atoms with van der Waals surface area (Å²) < 4.78 is 37.2. The quantitative estimate of drug-likeness (QED) is 0.636. The fourth-order valence-corrected chi connectivity index (χ4v) is 4.31. The molecule has 11 heteroatoms. The number of anilines is 1. The van der Waals surface area contributed by atoms with Crippen molar-refractivity contribution >= 4 is 39.8 Å². The molecule has 0 aromatic carbocycles. The van der Waals surface area contributed by atoms with E-state index in [4.69, 9.17) is 10.8 Å². The summed E-state index contributed by atoms with van der Waals surface area (Å²) in [5.74, 6) is -0.328. The average molecular weight is 426 g/mol. The van der Waals surface area contributed by atoms with Gasteiger partial charge in [-0.3, -0.25) is 10.2 Å². The first kappa shape index (κ1) is 21.3. The van der Waals surface area contributed by atoms with Gasteiger partial charge in [0.15, 0.2) is 0 Å². The third-order valence-electron chi connectivity index (χ3n) is 4.95. The zero-order valence-electron chi connectivity index (χ0n) is 16.0. The predicted molar refractivity (Wildman–Crippen MR) is 106 cm³/mol. The second-order valence-electron chi connectivity index (χ2n) is 7.05. The van der Waals surface area contributed by atoms with Crippen LogP contribution in [0.4, 0.5) is 19.0 Å². The van der Waals surface area contributed by atoms with Crippen molar-refractivity contribution in [1.29, 1.82) is 10.8 Å². The fraction of sp³-hybridized carbons (Fsp3) is 0.500. The number of rotatable bonds is 4. The number of hydrogen-bond acceptors (Lipinski definition) is 7. The summed E-state index contributed by atoms with van der Waals surface area (Å²) in [5.41, 5.74) is 2.28. The number of aromatic nitrogens is 2. The summed E-state index contributed by atoms with van der Waals surface area (Å²) in [6.45, 7) is 3.94. The van der Waals surface area contributed by atoms with Crippen LogP contribution in [0.2, 0.25) is 0 Å². The maximum atomic E-state index is 12.4. The molecule has 2 aliphatic heterocycles. The third-order valence-corrected chi connectivity index (χ3v) is 5.95. The summed E-state index contributed by atoms with van der Waals surface area (Å²) in [6.07, 6.45) is -3.51. The van der Waals surface area contributed by atoms with Gasteiger partial charge in [0.05, 0.1) is 10.6 Å². The van der Waals surface area contributed by atoms with Crippen LogP contribution >= 0.6 is 11.8 Å². The Labute approximate surface area is 170 Å². The van der Waals surface area contributed by atoms with E-state index < -0.39 is 18.5 Å². The maximum absolute atomic E-state index is 12.4. The van der Waals surface area contributed by atoms with E-state index in [1.165, 1.54) is 23.0 Å².